The van der Waals surface area contributed by atoms with Crippen molar-refractivity contribution in [2.75, 3.05) is 0 Å². The summed E-state index contributed by atoms with van der Waals surface area (Å²) in [6, 6.07) is 14.5. The van der Waals surface area contributed by atoms with Crippen LogP contribution in [0.1, 0.15) is 28.3 Å². The molecule has 2 aromatic heterocycles. The molecule has 6 heteroatoms. The maximum Gasteiger partial charge on any atom is 0.145 e. The Bertz CT molecular complexity index is 1190. The highest BCUT2D eigenvalue weighted by atomic mass is 35.5. The van der Waals surface area contributed by atoms with E-state index in [2.05, 4.69) is 9.97 Å². The standard InChI is InChI=1S/C23H17Cl2FN2O/c1-13-7-18(28-12-21(13)26)11-20(15-8-16(24)10-17(25)9-15)19-5-4-14-3-2-6-27-22(14)23(19)29/h2-10,12,20,29H,11H2,1H3. The number of hydrogen-bond acceptors (Lipinski definition) is 3. The fraction of sp³-hybridized carbons (Fsp3) is 0.130. The van der Waals surface area contributed by atoms with Gasteiger partial charge in [0.2, 0.25) is 0 Å². The van der Waals surface area contributed by atoms with E-state index in [9.17, 15) is 9.50 Å². The topological polar surface area (TPSA) is 46.0 Å². The average Bonchev–Trinajstić information content (AvgIpc) is 2.69. The molecule has 2 heterocycles. The Morgan fingerprint density at radius 1 is 1.03 bits per heavy atom. The normalized spacial score (nSPS) is 12.3. The zero-order valence-electron chi connectivity index (χ0n) is 15.5. The van der Waals surface area contributed by atoms with Crippen LogP contribution in [0.4, 0.5) is 4.39 Å². The highest BCUT2D eigenvalue weighted by Gasteiger charge is 2.22. The van der Waals surface area contributed by atoms with Gasteiger partial charge in [-0.15, -0.1) is 0 Å². The number of phenols is 1. The van der Waals surface area contributed by atoms with Gasteiger partial charge in [0.1, 0.15) is 17.1 Å². The molecule has 0 saturated carbocycles. The summed E-state index contributed by atoms with van der Waals surface area (Å²) in [4.78, 5) is 8.55. The number of aryl methyl sites for hydroxylation is 1. The molecule has 0 fully saturated rings. The molecule has 0 saturated heterocycles. The van der Waals surface area contributed by atoms with E-state index in [1.807, 2.05) is 36.4 Å². The molecule has 4 aromatic rings. The summed E-state index contributed by atoms with van der Waals surface area (Å²) in [7, 11) is 0. The number of nitrogens with zero attached hydrogens (tertiary/aromatic N) is 2. The largest absolute Gasteiger partial charge is 0.505 e. The molecule has 1 atom stereocenters. The average molecular weight is 427 g/mol. The third-order valence-corrected chi connectivity index (χ3v) is 5.40. The lowest BCUT2D eigenvalue weighted by Gasteiger charge is -2.20. The van der Waals surface area contributed by atoms with Crippen molar-refractivity contribution in [3.63, 3.8) is 0 Å². The van der Waals surface area contributed by atoms with Gasteiger partial charge in [-0.25, -0.2) is 4.39 Å². The summed E-state index contributed by atoms with van der Waals surface area (Å²) in [6.07, 6.45) is 3.29. The van der Waals surface area contributed by atoms with E-state index in [1.54, 1.807) is 25.3 Å². The van der Waals surface area contributed by atoms with E-state index in [1.165, 1.54) is 6.20 Å². The van der Waals surface area contributed by atoms with Crippen LogP contribution in [0.15, 0.2) is 60.9 Å². The number of fused-ring (bicyclic) bond motifs is 1. The van der Waals surface area contributed by atoms with Crippen LogP contribution in [0.2, 0.25) is 10.0 Å². The second-order valence-electron chi connectivity index (χ2n) is 6.96. The Morgan fingerprint density at radius 2 is 1.79 bits per heavy atom. The molecule has 0 aliphatic carbocycles. The molecule has 4 rings (SSSR count). The minimum atomic E-state index is -0.353. The number of phenolic OH excluding ortho intramolecular Hbond substituents is 1. The van der Waals surface area contributed by atoms with Gasteiger partial charge in [-0.3, -0.25) is 9.97 Å². The van der Waals surface area contributed by atoms with Crippen molar-refractivity contribution < 1.29 is 9.50 Å². The van der Waals surface area contributed by atoms with Gasteiger partial charge in [-0.2, -0.15) is 0 Å². The summed E-state index contributed by atoms with van der Waals surface area (Å²) < 4.78 is 13.7. The summed E-state index contributed by atoms with van der Waals surface area (Å²) in [6.45, 7) is 1.70. The quantitative estimate of drug-likeness (QED) is 0.406. The molecule has 0 amide bonds. The van der Waals surface area contributed by atoms with Crippen LogP contribution in [-0.4, -0.2) is 15.1 Å². The van der Waals surface area contributed by atoms with Gasteiger partial charge >= 0.3 is 0 Å². The van der Waals surface area contributed by atoms with Crippen molar-refractivity contribution in [3.8, 4) is 5.75 Å². The minimum absolute atomic E-state index is 0.100. The lowest BCUT2D eigenvalue weighted by molar-refractivity contribution is 0.469. The highest BCUT2D eigenvalue weighted by Crippen LogP contribution is 2.39. The van der Waals surface area contributed by atoms with Crippen LogP contribution in [0.3, 0.4) is 0 Å². The molecule has 0 bridgehead atoms. The predicted octanol–water partition coefficient (Wildman–Crippen LogP) is 6.46. The third-order valence-electron chi connectivity index (χ3n) is 4.96. The molecule has 0 aliphatic heterocycles. The number of aromatic nitrogens is 2. The Balaban J connectivity index is 1.88. The van der Waals surface area contributed by atoms with Gasteiger partial charge in [0, 0.05) is 45.2 Å². The zero-order chi connectivity index (χ0) is 20.5. The van der Waals surface area contributed by atoms with Crippen molar-refractivity contribution >= 4 is 34.1 Å². The van der Waals surface area contributed by atoms with Gasteiger partial charge in [0.05, 0.1) is 6.20 Å². The van der Waals surface area contributed by atoms with E-state index in [0.717, 1.165) is 10.9 Å². The Labute approximate surface area is 177 Å². The number of halogens is 3. The summed E-state index contributed by atoms with van der Waals surface area (Å²) >= 11 is 12.5. The van der Waals surface area contributed by atoms with Gasteiger partial charge < -0.3 is 5.11 Å². The predicted molar refractivity (Wildman–Crippen MR) is 114 cm³/mol. The zero-order valence-corrected chi connectivity index (χ0v) is 17.0. The molecular weight excluding hydrogens is 410 g/mol. The third kappa shape index (κ3) is 4.04. The Kier molecular flexibility index (Phi) is 5.39. The second-order valence-corrected chi connectivity index (χ2v) is 7.84. The first kappa shape index (κ1) is 19.6. The summed E-state index contributed by atoms with van der Waals surface area (Å²) in [5.41, 5.74) is 3.24. The number of pyridine rings is 2. The number of hydrogen-bond donors (Lipinski definition) is 1. The molecule has 1 unspecified atom stereocenters. The Morgan fingerprint density at radius 3 is 2.52 bits per heavy atom. The summed E-state index contributed by atoms with van der Waals surface area (Å²) in [5, 5.41) is 12.8. The lowest BCUT2D eigenvalue weighted by Crippen LogP contribution is -2.08. The SMILES string of the molecule is Cc1cc(CC(c2cc(Cl)cc(Cl)c2)c2ccc3cccnc3c2O)ncc1F. The molecule has 1 N–H and O–H groups in total. The van der Waals surface area contributed by atoms with E-state index < -0.39 is 0 Å². The van der Waals surface area contributed by atoms with Crippen LogP contribution in [-0.2, 0) is 6.42 Å². The van der Waals surface area contributed by atoms with E-state index in [0.29, 0.717) is 38.8 Å². The van der Waals surface area contributed by atoms with Crippen molar-refractivity contribution in [3.05, 3.63) is 99.2 Å². The smallest absolute Gasteiger partial charge is 0.145 e. The first-order valence-corrected chi connectivity index (χ1v) is 9.81. The molecule has 29 heavy (non-hydrogen) atoms. The fourth-order valence-corrected chi connectivity index (χ4v) is 4.07. The number of aromatic hydroxyl groups is 1. The maximum absolute atomic E-state index is 13.7. The van der Waals surface area contributed by atoms with Gasteiger partial charge in [-0.1, -0.05) is 41.4 Å². The van der Waals surface area contributed by atoms with E-state index in [-0.39, 0.29) is 17.5 Å². The molecule has 0 spiro atoms. The Hall–Kier alpha value is -2.69. The van der Waals surface area contributed by atoms with Gasteiger partial charge in [0.25, 0.3) is 0 Å². The van der Waals surface area contributed by atoms with Crippen LogP contribution in [0.25, 0.3) is 10.9 Å². The van der Waals surface area contributed by atoms with Gasteiger partial charge in [0.15, 0.2) is 0 Å². The number of benzene rings is 2. The summed E-state index contributed by atoms with van der Waals surface area (Å²) in [5.74, 6) is -0.549. The van der Waals surface area contributed by atoms with Gasteiger partial charge in [-0.05, 0) is 48.4 Å². The number of rotatable bonds is 4. The lowest BCUT2D eigenvalue weighted by atomic mass is 9.86. The monoisotopic (exact) mass is 426 g/mol. The van der Waals surface area contributed by atoms with E-state index in [4.69, 9.17) is 23.2 Å². The first-order chi connectivity index (χ1) is 13.9. The molecule has 3 nitrogen and oxygen atoms in total. The molecule has 2 aromatic carbocycles. The van der Waals surface area contributed by atoms with Crippen molar-refractivity contribution in [2.45, 2.75) is 19.3 Å². The fourth-order valence-electron chi connectivity index (χ4n) is 3.53. The van der Waals surface area contributed by atoms with Crippen LogP contribution in [0, 0.1) is 12.7 Å². The van der Waals surface area contributed by atoms with Crippen LogP contribution >= 0.6 is 23.2 Å². The molecular formula is C23H17Cl2FN2O. The molecule has 0 aliphatic rings. The van der Waals surface area contributed by atoms with E-state index >= 15 is 0 Å². The van der Waals surface area contributed by atoms with Crippen molar-refractivity contribution in [1.82, 2.24) is 9.97 Å². The van der Waals surface area contributed by atoms with Crippen molar-refractivity contribution in [2.24, 2.45) is 0 Å². The molecule has 146 valence electrons. The van der Waals surface area contributed by atoms with Crippen LogP contribution < -0.4 is 0 Å². The maximum atomic E-state index is 13.7. The first-order valence-electron chi connectivity index (χ1n) is 9.06. The van der Waals surface area contributed by atoms with Crippen LogP contribution in [0.5, 0.6) is 5.75 Å². The molecule has 0 radical (unpaired) electrons. The highest BCUT2D eigenvalue weighted by molar-refractivity contribution is 6.34. The van der Waals surface area contributed by atoms with Crippen molar-refractivity contribution in [1.29, 1.82) is 0 Å². The minimum Gasteiger partial charge on any atom is -0.505 e. The second kappa shape index (κ2) is 7.97.